The van der Waals surface area contributed by atoms with Crippen LogP contribution in [0.1, 0.15) is 25.0 Å². The average Bonchev–Trinajstić information content (AvgIpc) is 2.84. The van der Waals surface area contributed by atoms with E-state index in [4.69, 9.17) is 5.26 Å². The first-order valence-corrected chi connectivity index (χ1v) is 9.15. The second-order valence-electron chi connectivity index (χ2n) is 7.49. The molecule has 27 heavy (non-hydrogen) atoms. The number of hydrogen-bond acceptors (Lipinski definition) is 4. The minimum Gasteiger partial charge on any atom is -0.347 e. The maximum atomic E-state index is 12.8. The third-order valence-electron chi connectivity index (χ3n) is 5.16. The van der Waals surface area contributed by atoms with Gasteiger partial charge in [-0.25, -0.2) is 0 Å². The Hall–Kier alpha value is -2.90. The van der Waals surface area contributed by atoms with E-state index >= 15 is 0 Å². The highest BCUT2D eigenvalue weighted by Gasteiger charge is 2.38. The fourth-order valence-corrected chi connectivity index (χ4v) is 3.79. The molecule has 2 aromatic rings. The molecular weight excluding hydrogens is 334 g/mol. The van der Waals surface area contributed by atoms with Gasteiger partial charge < -0.3 is 4.90 Å². The lowest BCUT2D eigenvalue weighted by molar-refractivity contribution is -0.115. The van der Waals surface area contributed by atoms with Crippen molar-refractivity contribution >= 4 is 11.5 Å². The topological polar surface area (TPSA) is 47.3 Å². The van der Waals surface area contributed by atoms with Gasteiger partial charge in [-0.15, -0.1) is 0 Å². The summed E-state index contributed by atoms with van der Waals surface area (Å²) < 4.78 is 0. The van der Waals surface area contributed by atoms with Crippen molar-refractivity contribution in [1.29, 1.82) is 5.26 Å². The molecule has 2 aromatic carbocycles. The van der Waals surface area contributed by atoms with Crippen LogP contribution in [-0.2, 0) is 16.8 Å². The predicted octanol–water partition coefficient (Wildman–Crippen LogP) is 3.89. The summed E-state index contributed by atoms with van der Waals surface area (Å²) in [6, 6.07) is 20.3. The van der Waals surface area contributed by atoms with Crippen LogP contribution in [0.5, 0.6) is 0 Å². The molecule has 4 nitrogen and oxygen atoms in total. The summed E-state index contributed by atoms with van der Waals surface area (Å²) in [5, 5.41) is 9.13. The largest absolute Gasteiger partial charge is 0.347 e. The number of allylic oxidation sites excluding steroid dienone is 1. The van der Waals surface area contributed by atoms with Crippen LogP contribution in [0.2, 0.25) is 0 Å². The number of nitrogens with zero attached hydrogens (tertiary/aromatic N) is 3. The molecule has 0 N–H and O–H groups in total. The second kappa shape index (κ2) is 7.77. The van der Waals surface area contributed by atoms with Gasteiger partial charge in [-0.3, -0.25) is 9.69 Å². The monoisotopic (exact) mass is 359 g/mol. The van der Waals surface area contributed by atoms with E-state index in [0.717, 1.165) is 16.9 Å². The summed E-state index contributed by atoms with van der Waals surface area (Å²) in [4.78, 5) is 16.8. The summed E-state index contributed by atoms with van der Waals surface area (Å²) in [5.74, 6) is 0.0175. The number of carbonyl (C=O) groups is 1. The third kappa shape index (κ3) is 3.94. The maximum Gasteiger partial charge on any atom is 0.171 e. The zero-order valence-corrected chi connectivity index (χ0v) is 16.1. The Kier molecular flexibility index (Phi) is 5.43. The van der Waals surface area contributed by atoms with Crippen molar-refractivity contribution in [1.82, 2.24) is 4.90 Å². The molecule has 0 saturated carbocycles. The van der Waals surface area contributed by atoms with E-state index < -0.39 is 0 Å². The number of carbonyl (C=O) groups excluding carboxylic acids is 1. The molecule has 0 fully saturated rings. The molecular formula is C23H25N3O. The molecule has 0 aliphatic carbocycles. The molecule has 0 amide bonds. The van der Waals surface area contributed by atoms with Gasteiger partial charge in [-0.2, -0.15) is 5.26 Å². The zero-order valence-electron chi connectivity index (χ0n) is 16.1. The molecule has 1 heterocycles. The van der Waals surface area contributed by atoms with Gasteiger partial charge in [-0.05, 0) is 17.2 Å². The molecule has 3 rings (SSSR count). The molecule has 0 atom stereocenters. The third-order valence-corrected chi connectivity index (χ3v) is 5.16. The summed E-state index contributed by atoms with van der Waals surface area (Å²) in [7, 11) is 2.00. The summed E-state index contributed by atoms with van der Waals surface area (Å²) >= 11 is 0. The van der Waals surface area contributed by atoms with E-state index in [0.29, 0.717) is 6.54 Å². The van der Waals surface area contributed by atoms with Crippen LogP contribution in [0.3, 0.4) is 0 Å². The van der Waals surface area contributed by atoms with Crippen molar-refractivity contribution in [3.8, 4) is 6.07 Å². The Bertz CT molecular complexity index is 893. The smallest absolute Gasteiger partial charge is 0.171 e. The van der Waals surface area contributed by atoms with E-state index in [9.17, 15) is 4.79 Å². The first kappa shape index (κ1) is 18.9. The number of fused-ring (bicyclic) bond motifs is 1. The average molecular weight is 359 g/mol. The first-order chi connectivity index (χ1) is 12.9. The van der Waals surface area contributed by atoms with Gasteiger partial charge in [0.25, 0.3) is 0 Å². The maximum absolute atomic E-state index is 12.8. The molecule has 138 valence electrons. The van der Waals surface area contributed by atoms with Gasteiger partial charge in [0, 0.05) is 36.5 Å². The number of para-hydroxylation sites is 1. The summed E-state index contributed by atoms with van der Waals surface area (Å²) in [6.07, 6.45) is 1.75. The van der Waals surface area contributed by atoms with Gasteiger partial charge >= 0.3 is 0 Å². The molecule has 1 aliphatic heterocycles. The minimum atomic E-state index is -0.222. The number of rotatable bonds is 6. The fraction of sp³-hybridized carbons (Fsp3) is 0.304. The molecule has 1 aliphatic rings. The molecule has 4 heteroatoms. The highest BCUT2D eigenvalue weighted by atomic mass is 16.1. The number of nitriles is 1. The van der Waals surface area contributed by atoms with Crippen LogP contribution < -0.4 is 4.90 Å². The van der Waals surface area contributed by atoms with E-state index in [2.05, 4.69) is 36.9 Å². The number of anilines is 1. The number of ketones is 1. The Morgan fingerprint density at radius 1 is 1.15 bits per heavy atom. The van der Waals surface area contributed by atoms with Gasteiger partial charge in [0.1, 0.15) is 0 Å². The Morgan fingerprint density at radius 2 is 1.81 bits per heavy atom. The lowest BCUT2D eigenvalue weighted by atomic mass is 9.83. The van der Waals surface area contributed by atoms with E-state index in [1.807, 2.05) is 54.4 Å². The molecule has 0 unspecified atom stereocenters. The predicted molar refractivity (Wildman–Crippen MR) is 108 cm³/mol. The molecule has 0 aromatic heterocycles. The normalized spacial score (nSPS) is 16.4. The van der Waals surface area contributed by atoms with Crippen molar-refractivity contribution in [3.05, 3.63) is 77.5 Å². The van der Waals surface area contributed by atoms with E-state index in [-0.39, 0.29) is 24.3 Å². The van der Waals surface area contributed by atoms with Crippen LogP contribution in [0.25, 0.3) is 0 Å². The minimum absolute atomic E-state index is 0.0175. The Morgan fingerprint density at radius 3 is 2.48 bits per heavy atom. The number of likely N-dealkylation sites (N-methyl/N-ethyl adjacent to an activating group) is 1. The Balaban J connectivity index is 1.78. The van der Waals surface area contributed by atoms with Gasteiger partial charge in [0.05, 0.1) is 19.2 Å². The SMILES string of the molecule is CN1/C(=C/C(=O)CN(CC#N)Cc2ccccc2)C(C)(C)c2ccccc21. The lowest BCUT2D eigenvalue weighted by Crippen LogP contribution is -2.31. The molecule has 0 radical (unpaired) electrons. The first-order valence-electron chi connectivity index (χ1n) is 9.15. The van der Waals surface area contributed by atoms with Crippen LogP contribution in [-0.4, -0.2) is 30.8 Å². The zero-order chi connectivity index (χ0) is 19.4. The summed E-state index contributed by atoms with van der Waals surface area (Å²) in [5.41, 5.74) is 4.23. The van der Waals surface area contributed by atoms with Gasteiger partial charge in [0.2, 0.25) is 0 Å². The van der Waals surface area contributed by atoms with Crippen LogP contribution in [0.15, 0.2) is 66.4 Å². The lowest BCUT2D eigenvalue weighted by Gasteiger charge is -2.24. The van der Waals surface area contributed by atoms with Gasteiger partial charge in [0.15, 0.2) is 5.78 Å². The van der Waals surface area contributed by atoms with Crippen LogP contribution >= 0.6 is 0 Å². The van der Waals surface area contributed by atoms with Crippen molar-refractivity contribution in [2.24, 2.45) is 0 Å². The van der Waals surface area contributed by atoms with Gasteiger partial charge in [-0.1, -0.05) is 62.4 Å². The van der Waals surface area contributed by atoms with Crippen molar-refractivity contribution in [2.45, 2.75) is 25.8 Å². The number of hydrogen-bond donors (Lipinski definition) is 0. The van der Waals surface area contributed by atoms with E-state index in [1.165, 1.54) is 5.56 Å². The number of benzene rings is 2. The van der Waals surface area contributed by atoms with Crippen molar-refractivity contribution < 1.29 is 4.79 Å². The molecule has 0 saturated heterocycles. The highest BCUT2D eigenvalue weighted by molar-refractivity contribution is 5.94. The van der Waals surface area contributed by atoms with Crippen LogP contribution in [0.4, 0.5) is 5.69 Å². The molecule has 0 spiro atoms. The highest BCUT2D eigenvalue weighted by Crippen LogP contribution is 2.46. The molecule has 0 bridgehead atoms. The fourth-order valence-electron chi connectivity index (χ4n) is 3.79. The standard InChI is InChI=1S/C23H25N3O/c1-23(2)20-11-7-8-12-21(20)25(3)22(23)15-19(27)17-26(14-13-24)16-18-9-5-4-6-10-18/h4-12,15H,14,16-17H2,1-3H3/b22-15+. The van der Waals surface area contributed by atoms with Crippen molar-refractivity contribution in [3.63, 3.8) is 0 Å². The Labute approximate surface area is 161 Å². The van der Waals surface area contributed by atoms with Crippen molar-refractivity contribution in [2.75, 3.05) is 25.0 Å². The quantitative estimate of drug-likeness (QED) is 0.580. The van der Waals surface area contributed by atoms with E-state index in [1.54, 1.807) is 6.08 Å². The van der Waals surface area contributed by atoms with Crippen LogP contribution in [0, 0.1) is 11.3 Å². The second-order valence-corrected chi connectivity index (χ2v) is 7.49. The summed E-state index contributed by atoms with van der Waals surface area (Å²) in [6.45, 7) is 5.33.